The van der Waals surface area contributed by atoms with Gasteiger partial charge in [-0.05, 0) is 30.7 Å². The molecule has 0 spiro atoms. The third-order valence-electron chi connectivity index (χ3n) is 4.86. The third-order valence-corrected chi connectivity index (χ3v) is 5.80. The first-order valence-electron chi connectivity index (χ1n) is 9.60. The SMILES string of the molecule is Cc1ccc(-n2cnnc2SCC(=O)NCC(C)(C)c2cccc(C(F)(F)F)c2)cc1. The molecule has 0 bridgehead atoms. The molecular weight excluding hydrogens is 425 g/mol. The fourth-order valence-electron chi connectivity index (χ4n) is 2.92. The van der Waals surface area contributed by atoms with Gasteiger partial charge in [0, 0.05) is 17.6 Å². The van der Waals surface area contributed by atoms with Crippen molar-refractivity contribution in [2.75, 3.05) is 12.3 Å². The van der Waals surface area contributed by atoms with Crippen molar-refractivity contribution in [3.05, 3.63) is 71.5 Å². The monoisotopic (exact) mass is 448 g/mol. The first-order valence-corrected chi connectivity index (χ1v) is 10.6. The van der Waals surface area contributed by atoms with E-state index in [4.69, 9.17) is 0 Å². The van der Waals surface area contributed by atoms with Crippen LogP contribution in [0.15, 0.2) is 60.0 Å². The van der Waals surface area contributed by atoms with Crippen LogP contribution >= 0.6 is 11.8 Å². The quantitative estimate of drug-likeness (QED) is 0.529. The highest BCUT2D eigenvalue weighted by molar-refractivity contribution is 7.99. The van der Waals surface area contributed by atoms with Crippen molar-refractivity contribution in [3.63, 3.8) is 0 Å². The number of halogens is 3. The molecule has 2 aromatic carbocycles. The number of carbonyl (C=O) groups is 1. The van der Waals surface area contributed by atoms with E-state index in [9.17, 15) is 18.0 Å². The van der Waals surface area contributed by atoms with Crippen molar-refractivity contribution in [3.8, 4) is 5.69 Å². The largest absolute Gasteiger partial charge is 0.416 e. The number of aromatic nitrogens is 3. The number of rotatable bonds is 7. The van der Waals surface area contributed by atoms with E-state index in [1.807, 2.05) is 31.2 Å². The smallest absolute Gasteiger partial charge is 0.355 e. The molecule has 0 aliphatic rings. The topological polar surface area (TPSA) is 59.8 Å². The summed E-state index contributed by atoms with van der Waals surface area (Å²) in [5.41, 5.74) is 1.17. The summed E-state index contributed by atoms with van der Waals surface area (Å²) in [5, 5.41) is 11.4. The van der Waals surface area contributed by atoms with Gasteiger partial charge in [0.25, 0.3) is 0 Å². The number of benzene rings is 2. The predicted octanol–water partition coefficient (Wildman–Crippen LogP) is 4.78. The summed E-state index contributed by atoms with van der Waals surface area (Å²) in [6, 6.07) is 13.0. The second kappa shape index (κ2) is 9.13. The lowest BCUT2D eigenvalue weighted by Gasteiger charge is -2.26. The molecule has 0 saturated heterocycles. The van der Waals surface area contributed by atoms with Gasteiger partial charge in [0.15, 0.2) is 5.16 Å². The van der Waals surface area contributed by atoms with E-state index >= 15 is 0 Å². The first-order chi connectivity index (χ1) is 14.6. The second-order valence-electron chi connectivity index (χ2n) is 7.85. The zero-order valence-corrected chi connectivity index (χ0v) is 18.2. The molecule has 1 heterocycles. The Morgan fingerprint density at radius 2 is 1.77 bits per heavy atom. The van der Waals surface area contributed by atoms with Gasteiger partial charge in [0.1, 0.15) is 6.33 Å². The molecule has 1 aromatic heterocycles. The fraction of sp³-hybridized carbons (Fsp3) is 0.318. The molecule has 0 aliphatic carbocycles. The summed E-state index contributed by atoms with van der Waals surface area (Å²) >= 11 is 1.24. The summed E-state index contributed by atoms with van der Waals surface area (Å²) in [5.74, 6) is -0.119. The Bertz CT molecular complexity index is 1050. The van der Waals surface area contributed by atoms with Crippen molar-refractivity contribution in [1.82, 2.24) is 20.1 Å². The van der Waals surface area contributed by atoms with Gasteiger partial charge in [-0.25, -0.2) is 0 Å². The molecule has 0 radical (unpaired) electrons. The van der Waals surface area contributed by atoms with E-state index in [1.165, 1.54) is 17.8 Å². The molecule has 0 saturated carbocycles. The summed E-state index contributed by atoms with van der Waals surface area (Å²) < 4.78 is 40.8. The summed E-state index contributed by atoms with van der Waals surface area (Å²) in [7, 11) is 0. The number of amides is 1. The molecule has 164 valence electrons. The number of nitrogens with one attached hydrogen (secondary N) is 1. The van der Waals surface area contributed by atoms with Crippen LogP contribution in [0.2, 0.25) is 0 Å². The van der Waals surface area contributed by atoms with Crippen LogP contribution in [0.3, 0.4) is 0 Å². The molecule has 0 atom stereocenters. The van der Waals surface area contributed by atoms with Gasteiger partial charge in [0.2, 0.25) is 5.91 Å². The van der Waals surface area contributed by atoms with Crippen molar-refractivity contribution in [2.45, 2.75) is 37.5 Å². The summed E-state index contributed by atoms with van der Waals surface area (Å²) in [6.07, 6.45) is -2.82. The molecule has 3 rings (SSSR count). The fourth-order valence-corrected chi connectivity index (χ4v) is 3.68. The standard InChI is InChI=1S/C22H23F3N4OS/c1-15-7-9-18(10-8-15)29-14-27-28-20(29)31-12-19(30)26-13-21(2,3)16-5-4-6-17(11-16)22(23,24)25/h4-11,14H,12-13H2,1-3H3,(H,26,30). The van der Waals surface area contributed by atoms with Gasteiger partial charge in [-0.15, -0.1) is 10.2 Å². The minimum Gasteiger partial charge on any atom is -0.355 e. The normalized spacial score (nSPS) is 12.1. The summed E-state index contributed by atoms with van der Waals surface area (Å²) in [4.78, 5) is 12.4. The average Bonchev–Trinajstić information content (AvgIpc) is 3.19. The molecule has 0 fully saturated rings. The number of hydrogen-bond acceptors (Lipinski definition) is 4. The van der Waals surface area contributed by atoms with Crippen molar-refractivity contribution in [2.24, 2.45) is 0 Å². The van der Waals surface area contributed by atoms with Crippen LogP contribution in [-0.2, 0) is 16.4 Å². The maximum Gasteiger partial charge on any atom is 0.416 e. The van der Waals surface area contributed by atoms with Crippen molar-refractivity contribution >= 4 is 17.7 Å². The Kier molecular flexibility index (Phi) is 6.74. The molecular formula is C22H23F3N4OS. The summed E-state index contributed by atoms with van der Waals surface area (Å²) in [6.45, 7) is 5.79. The van der Waals surface area contributed by atoms with Crippen LogP contribution in [0.5, 0.6) is 0 Å². The molecule has 5 nitrogen and oxygen atoms in total. The number of hydrogen-bond donors (Lipinski definition) is 1. The minimum absolute atomic E-state index is 0.114. The zero-order valence-electron chi connectivity index (χ0n) is 17.4. The van der Waals surface area contributed by atoms with Crippen LogP contribution in [-0.4, -0.2) is 33.0 Å². The zero-order chi connectivity index (χ0) is 22.6. The third kappa shape index (κ3) is 5.88. The van der Waals surface area contributed by atoms with E-state index in [-0.39, 0.29) is 18.2 Å². The Morgan fingerprint density at radius 3 is 2.45 bits per heavy atom. The Balaban J connectivity index is 1.59. The van der Waals surface area contributed by atoms with Crippen LogP contribution in [0, 0.1) is 6.92 Å². The molecule has 9 heteroatoms. The first kappa shape index (κ1) is 22.9. The van der Waals surface area contributed by atoms with E-state index in [2.05, 4.69) is 15.5 Å². The Labute approximate surface area is 183 Å². The average molecular weight is 449 g/mol. The van der Waals surface area contributed by atoms with E-state index in [1.54, 1.807) is 30.8 Å². The Morgan fingerprint density at radius 1 is 1.10 bits per heavy atom. The predicted molar refractivity (Wildman–Crippen MR) is 114 cm³/mol. The highest BCUT2D eigenvalue weighted by Gasteiger charge is 2.32. The molecule has 0 unspecified atom stereocenters. The van der Waals surface area contributed by atoms with Gasteiger partial charge < -0.3 is 5.32 Å². The van der Waals surface area contributed by atoms with Crippen molar-refractivity contribution < 1.29 is 18.0 Å². The van der Waals surface area contributed by atoms with Gasteiger partial charge >= 0.3 is 6.18 Å². The molecule has 0 aliphatic heterocycles. The highest BCUT2D eigenvalue weighted by Crippen LogP contribution is 2.32. The number of thioether (sulfide) groups is 1. The number of carbonyl (C=O) groups excluding carboxylic acids is 1. The highest BCUT2D eigenvalue weighted by atomic mass is 32.2. The molecule has 31 heavy (non-hydrogen) atoms. The Hall–Kier alpha value is -2.81. The number of nitrogens with zero attached hydrogens (tertiary/aromatic N) is 3. The number of aryl methyl sites for hydroxylation is 1. The second-order valence-corrected chi connectivity index (χ2v) is 8.79. The lowest BCUT2D eigenvalue weighted by atomic mass is 9.83. The van der Waals surface area contributed by atoms with Crippen molar-refractivity contribution in [1.29, 1.82) is 0 Å². The minimum atomic E-state index is -4.40. The van der Waals surface area contributed by atoms with Gasteiger partial charge in [-0.2, -0.15) is 13.2 Å². The van der Waals surface area contributed by atoms with E-state index in [0.717, 1.165) is 23.4 Å². The van der Waals surface area contributed by atoms with Crippen LogP contribution in [0.25, 0.3) is 5.69 Å². The van der Waals surface area contributed by atoms with Gasteiger partial charge in [-0.3, -0.25) is 9.36 Å². The van der Waals surface area contributed by atoms with Gasteiger partial charge in [0.05, 0.1) is 11.3 Å². The maximum atomic E-state index is 13.0. The molecule has 3 aromatic rings. The lowest BCUT2D eigenvalue weighted by Crippen LogP contribution is -2.37. The van der Waals surface area contributed by atoms with Gasteiger partial charge in [-0.1, -0.05) is 61.5 Å². The maximum absolute atomic E-state index is 13.0. The lowest BCUT2D eigenvalue weighted by molar-refractivity contribution is -0.137. The molecule has 1 N–H and O–H groups in total. The van der Waals surface area contributed by atoms with Crippen LogP contribution < -0.4 is 5.32 Å². The number of alkyl halides is 3. The van der Waals surface area contributed by atoms with Crippen LogP contribution in [0.4, 0.5) is 13.2 Å². The van der Waals surface area contributed by atoms with E-state index in [0.29, 0.717) is 10.7 Å². The van der Waals surface area contributed by atoms with E-state index < -0.39 is 17.2 Å². The van der Waals surface area contributed by atoms with Crippen LogP contribution in [0.1, 0.15) is 30.5 Å². The molecule has 1 amide bonds.